The van der Waals surface area contributed by atoms with Gasteiger partial charge in [0.1, 0.15) is 5.75 Å². The lowest BCUT2D eigenvalue weighted by molar-refractivity contribution is -0.111. The molecule has 0 spiro atoms. The van der Waals surface area contributed by atoms with Crippen molar-refractivity contribution in [1.29, 1.82) is 0 Å². The van der Waals surface area contributed by atoms with Crippen LogP contribution in [0.3, 0.4) is 0 Å². The van der Waals surface area contributed by atoms with Gasteiger partial charge in [-0.2, -0.15) is 0 Å². The first kappa shape index (κ1) is 24.9. The van der Waals surface area contributed by atoms with Crippen molar-refractivity contribution in [2.24, 2.45) is 5.92 Å². The van der Waals surface area contributed by atoms with Crippen LogP contribution in [0.25, 0.3) is 17.3 Å². The van der Waals surface area contributed by atoms with Crippen molar-refractivity contribution in [3.8, 4) is 17.0 Å². The summed E-state index contributed by atoms with van der Waals surface area (Å²) in [6.07, 6.45) is 9.66. The molecule has 3 aromatic rings. The van der Waals surface area contributed by atoms with E-state index in [1.54, 1.807) is 47.9 Å². The van der Waals surface area contributed by atoms with Gasteiger partial charge in [-0.05, 0) is 48.2 Å². The summed E-state index contributed by atoms with van der Waals surface area (Å²) in [6.45, 7) is 0. The molecule has 9 heteroatoms. The van der Waals surface area contributed by atoms with E-state index in [-0.39, 0.29) is 23.1 Å². The van der Waals surface area contributed by atoms with Crippen molar-refractivity contribution >= 4 is 44.0 Å². The first-order valence-electron chi connectivity index (χ1n) is 11.7. The molecule has 1 aliphatic rings. The maximum atomic E-state index is 12.7. The van der Waals surface area contributed by atoms with Crippen molar-refractivity contribution in [2.75, 3.05) is 16.8 Å². The van der Waals surface area contributed by atoms with Crippen molar-refractivity contribution in [3.63, 3.8) is 0 Å². The number of amides is 1. The molecule has 1 aliphatic carbocycles. The summed E-state index contributed by atoms with van der Waals surface area (Å²) in [7, 11) is -3.31. The molecule has 7 nitrogen and oxygen atoms in total. The molecule has 0 atom stereocenters. The number of benzene rings is 2. The number of nitrogens with zero attached hydrogens (tertiary/aromatic N) is 1. The number of hydrogen-bond donors (Lipinski definition) is 3. The Morgan fingerprint density at radius 3 is 2.60 bits per heavy atom. The topological polar surface area (TPSA) is 122 Å². The van der Waals surface area contributed by atoms with Gasteiger partial charge in [-0.25, -0.2) is 13.4 Å². The molecule has 1 fully saturated rings. The third-order valence-corrected chi connectivity index (χ3v) is 8.77. The highest BCUT2D eigenvalue weighted by atomic mass is 32.2. The fraction of sp³-hybridized carbons (Fsp3) is 0.308. The fourth-order valence-electron chi connectivity index (χ4n) is 4.19. The summed E-state index contributed by atoms with van der Waals surface area (Å²) in [4.78, 5) is 17.0. The van der Waals surface area contributed by atoms with Crippen molar-refractivity contribution < 1.29 is 18.3 Å². The van der Waals surface area contributed by atoms with E-state index in [2.05, 4.69) is 10.3 Å². The van der Waals surface area contributed by atoms with Crippen LogP contribution in [0.1, 0.15) is 44.1 Å². The second-order valence-electron chi connectivity index (χ2n) is 8.81. The van der Waals surface area contributed by atoms with Crippen molar-refractivity contribution in [3.05, 3.63) is 59.5 Å². The predicted molar refractivity (Wildman–Crippen MR) is 141 cm³/mol. The average molecular weight is 512 g/mol. The molecule has 0 unspecified atom stereocenters. The minimum Gasteiger partial charge on any atom is -0.506 e. The highest BCUT2D eigenvalue weighted by molar-refractivity contribution is 7.91. The van der Waals surface area contributed by atoms with Crippen LogP contribution in [0.5, 0.6) is 5.75 Å². The van der Waals surface area contributed by atoms with Gasteiger partial charge in [0.05, 0.1) is 22.0 Å². The van der Waals surface area contributed by atoms with Gasteiger partial charge in [-0.15, -0.1) is 11.3 Å². The maximum Gasteiger partial charge on any atom is 0.250 e. The van der Waals surface area contributed by atoms with Crippen LogP contribution in [0.2, 0.25) is 0 Å². The summed E-state index contributed by atoms with van der Waals surface area (Å²) in [5, 5.41) is 14.7. The third-order valence-electron chi connectivity index (χ3n) is 6.25. The monoisotopic (exact) mass is 511 g/mol. The number of sulfone groups is 1. The van der Waals surface area contributed by atoms with Gasteiger partial charge in [0.15, 0.2) is 15.0 Å². The number of nitrogens with one attached hydrogen (secondary N) is 1. The Hall–Kier alpha value is -3.17. The van der Waals surface area contributed by atoms with Crippen molar-refractivity contribution in [2.45, 2.75) is 43.4 Å². The number of carbonyl (C=O) groups excluding carboxylic acids is 1. The second-order valence-corrected chi connectivity index (χ2v) is 11.8. The van der Waals surface area contributed by atoms with Crippen LogP contribution in [0.4, 0.5) is 10.8 Å². The molecule has 2 aromatic carbocycles. The number of rotatable bonds is 8. The highest BCUT2D eigenvalue weighted by Gasteiger charge is 2.19. The van der Waals surface area contributed by atoms with Gasteiger partial charge < -0.3 is 10.8 Å². The van der Waals surface area contributed by atoms with E-state index in [9.17, 15) is 18.3 Å². The molecule has 1 heterocycles. The zero-order valence-electron chi connectivity index (χ0n) is 19.3. The molecule has 0 bridgehead atoms. The van der Waals surface area contributed by atoms with E-state index in [4.69, 9.17) is 5.73 Å². The van der Waals surface area contributed by atoms with Gasteiger partial charge in [0, 0.05) is 17.0 Å². The SMILES string of the molecule is Nc1ccc(-c2csc(NC(=O)/C=C/c3ccc(S(=O)(=O)CCC4CCCCC4)cc3)n2)cc1O. The lowest BCUT2D eigenvalue weighted by Crippen LogP contribution is -2.14. The molecule has 0 aliphatic heterocycles. The lowest BCUT2D eigenvalue weighted by atomic mass is 9.88. The quantitative estimate of drug-likeness (QED) is 0.209. The third kappa shape index (κ3) is 6.70. The van der Waals surface area contributed by atoms with Crippen LogP contribution in [-0.4, -0.2) is 30.2 Å². The minimum atomic E-state index is -3.31. The normalized spacial score (nSPS) is 14.9. The zero-order valence-corrected chi connectivity index (χ0v) is 20.9. The number of phenolic OH excluding ortho intramolecular Hbond substituents is 1. The van der Waals surface area contributed by atoms with Gasteiger partial charge in [0.2, 0.25) is 5.91 Å². The van der Waals surface area contributed by atoms with E-state index in [1.165, 1.54) is 42.7 Å². The summed E-state index contributed by atoms with van der Waals surface area (Å²) < 4.78 is 25.4. The number of nitrogen functional groups attached to an aromatic ring is 1. The molecule has 1 amide bonds. The van der Waals surface area contributed by atoms with Crippen LogP contribution < -0.4 is 11.1 Å². The zero-order chi connectivity index (χ0) is 24.8. The predicted octanol–water partition coefficient (Wildman–Crippen LogP) is 5.49. The van der Waals surface area contributed by atoms with E-state index >= 15 is 0 Å². The minimum absolute atomic E-state index is 0.0212. The van der Waals surface area contributed by atoms with Crippen LogP contribution in [0, 0.1) is 5.92 Å². The van der Waals surface area contributed by atoms with Crippen LogP contribution >= 0.6 is 11.3 Å². The second kappa shape index (κ2) is 11.0. The molecular formula is C26H29N3O4S2. The molecule has 184 valence electrons. The Kier molecular flexibility index (Phi) is 7.87. The number of aromatic nitrogens is 1. The number of nitrogens with two attached hydrogens (primary N) is 1. The Balaban J connectivity index is 1.32. The molecule has 35 heavy (non-hydrogen) atoms. The molecular weight excluding hydrogens is 482 g/mol. The first-order chi connectivity index (χ1) is 16.8. The largest absolute Gasteiger partial charge is 0.506 e. The first-order valence-corrected chi connectivity index (χ1v) is 14.2. The van der Waals surface area contributed by atoms with E-state index in [1.807, 2.05) is 0 Å². The number of phenols is 1. The molecule has 0 radical (unpaired) electrons. The summed E-state index contributed by atoms with van der Waals surface area (Å²) >= 11 is 1.27. The van der Waals surface area contributed by atoms with Crippen molar-refractivity contribution in [1.82, 2.24) is 4.98 Å². The van der Waals surface area contributed by atoms with E-state index in [0.29, 0.717) is 27.2 Å². The summed E-state index contributed by atoms with van der Waals surface area (Å²) in [6, 6.07) is 11.5. The Bertz CT molecular complexity index is 1310. The average Bonchev–Trinajstić information content (AvgIpc) is 3.32. The van der Waals surface area contributed by atoms with E-state index < -0.39 is 9.84 Å². The Morgan fingerprint density at radius 2 is 1.89 bits per heavy atom. The maximum absolute atomic E-state index is 12.7. The molecule has 4 N–H and O–H groups in total. The standard InChI is InChI=1S/C26H29N3O4S2/c27-22-12-9-20(16-24(22)30)23-17-34-26(28-23)29-25(31)13-8-19-6-10-21(11-7-19)35(32,33)15-14-18-4-2-1-3-5-18/h6-13,16-18,30H,1-5,14-15,27H2,(H,28,29,31)/b13-8+. The number of anilines is 2. The summed E-state index contributed by atoms with van der Waals surface area (Å²) in [5.41, 5.74) is 7.95. The smallest absolute Gasteiger partial charge is 0.250 e. The molecule has 0 saturated heterocycles. The van der Waals surface area contributed by atoms with Crippen LogP contribution in [0.15, 0.2) is 58.8 Å². The van der Waals surface area contributed by atoms with E-state index in [0.717, 1.165) is 24.8 Å². The molecule has 4 rings (SSSR count). The Morgan fingerprint density at radius 1 is 1.14 bits per heavy atom. The van der Waals surface area contributed by atoms with Gasteiger partial charge in [0.25, 0.3) is 0 Å². The lowest BCUT2D eigenvalue weighted by Gasteiger charge is -2.21. The molecule has 1 aromatic heterocycles. The van der Waals surface area contributed by atoms with Gasteiger partial charge in [-0.1, -0.05) is 50.3 Å². The highest BCUT2D eigenvalue weighted by Crippen LogP contribution is 2.30. The number of hydrogen-bond acceptors (Lipinski definition) is 7. The van der Waals surface area contributed by atoms with Crippen LogP contribution in [-0.2, 0) is 14.6 Å². The molecule has 1 saturated carbocycles. The van der Waals surface area contributed by atoms with Gasteiger partial charge >= 0.3 is 0 Å². The van der Waals surface area contributed by atoms with Gasteiger partial charge in [-0.3, -0.25) is 10.1 Å². The summed E-state index contributed by atoms with van der Waals surface area (Å²) in [5.74, 6) is 0.329. The number of carbonyl (C=O) groups is 1. The number of thiazole rings is 1. The number of aromatic hydroxyl groups is 1. The Labute approximate surface area is 209 Å². The fourth-order valence-corrected chi connectivity index (χ4v) is 6.34.